The number of hydrogen-bond donors (Lipinski definition) is 0. The Hall–Kier alpha value is -1.00. The molecule has 0 N–H and O–H groups in total. The molecule has 0 aromatic rings. The lowest BCUT2D eigenvalue weighted by Crippen LogP contribution is -1.73. The van der Waals surface area contributed by atoms with Crippen LogP contribution in [0.4, 0.5) is 0 Å². The van der Waals surface area contributed by atoms with Gasteiger partial charge in [-0.15, -0.1) is 5.73 Å². The summed E-state index contributed by atoms with van der Waals surface area (Å²) >= 11 is 0. The molecule has 0 bridgehead atoms. The van der Waals surface area contributed by atoms with Crippen LogP contribution in [0.5, 0.6) is 0 Å². The van der Waals surface area contributed by atoms with Crippen molar-refractivity contribution in [3.63, 3.8) is 0 Å². The van der Waals surface area contributed by atoms with Crippen LogP contribution in [0, 0.1) is 0 Å². The minimum absolute atomic E-state index is 0.979. The standard InChI is InChI=1S/C13H18/c1-3-4-7-12(2)10-11-13-8-5-6-9-13/h4,10-11H,1,5-9H2,2H3/b12-10-. The van der Waals surface area contributed by atoms with Crippen LogP contribution in [0.25, 0.3) is 0 Å². The van der Waals surface area contributed by atoms with Crippen LogP contribution in [0.1, 0.15) is 39.0 Å². The number of allylic oxidation sites excluding steroid dienone is 5. The van der Waals surface area contributed by atoms with Crippen molar-refractivity contribution < 1.29 is 0 Å². The van der Waals surface area contributed by atoms with Crippen LogP contribution in [0.3, 0.4) is 0 Å². The summed E-state index contributed by atoms with van der Waals surface area (Å²) in [5.74, 6) is 0. The molecular formula is C13H18. The first-order valence-electron chi connectivity index (χ1n) is 5.02. The molecule has 1 rings (SSSR count). The van der Waals surface area contributed by atoms with Gasteiger partial charge in [-0.05, 0) is 45.1 Å². The van der Waals surface area contributed by atoms with Crippen LogP contribution >= 0.6 is 0 Å². The van der Waals surface area contributed by atoms with Gasteiger partial charge < -0.3 is 0 Å². The average molecular weight is 174 g/mol. The van der Waals surface area contributed by atoms with Crippen molar-refractivity contribution in [2.24, 2.45) is 0 Å². The zero-order valence-corrected chi connectivity index (χ0v) is 8.47. The predicted octanol–water partition coefficient (Wildman–Crippen LogP) is 4.16. The highest BCUT2D eigenvalue weighted by atomic mass is 14.1. The van der Waals surface area contributed by atoms with Crippen LogP contribution in [-0.2, 0) is 0 Å². The molecule has 0 aliphatic heterocycles. The van der Waals surface area contributed by atoms with E-state index in [1.807, 2.05) is 6.08 Å². The Balaban J connectivity index is 2.44. The van der Waals surface area contributed by atoms with Crippen LogP contribution in [0.2, 0.25) is 0 Å². The third-order valence-corrected chi connectivity index (χ3v) is 2.42. The van der Waals surface area contributed by atoms with Crippen molar-refractivity contribution >= 4 is 0 Å². The lowest BCUT2D eigenvalue weighted by molar-refractivity contribution is 0.886. The van der Waals surface area contributed by atoms with Crippen molar-refractivity contribution in [2.45, 2.75) is 39.0 Å². The Morgan fingerprint density at radius 1 is 1.46 bits per heavy atom. The van der Waals surface area contributed by atoms with Crippen LogP contribution in [-0.4, -0.2) is 0 Å². The molecule has 1 fully saturated rings. The molecular weight excluding hydrogens is 156 g/mol. The Labute approximate surface area is 81.4 Å². The zero-order chi connectivity index (χ0) is 9.52. The Morgan fingerprint density at radius 3 is 2.77 bits per heavy atom. The molecule has 0 unspecified atom stereocenters. The van der Waals surface area contributed by atoms with Gasteiger partial charge in [-0.25, -0.2) is 0 Å². The SMILES string of the molecule is C=C=CC/C(C)=C\C=C1CCCC1. The molecule has 0 saturated heterocycles. The highest BCUT2D eigenvalue weighted by Crippen LogP contribution is 2.23. The molecule has 0 radical (unpaired) electrons. The maximum absolute atomic E-state index is 3.55. The van der Waals surface area contributed by atoms with E-state index in [0.717, 1.165) is 6.42 Å². The number of hydrogen-bond acceptors (Lipinski definition) is 0. The second-order valence-corrected chi connectivity index (χ2v) is 3.66. The van der Waals surface area contributed by atoms with Crippen LogP contribution in [0.15, 0.2) is 41.7 Å². The summed E-state index contributed by atoms with van der Waals surface area (Å²) in [5, 5.41) is 0. The molecule has 0 amide bonds. The Bertz CT molecular complexity index is 252. The minimum atomic E-state index is 0.979. The third-order valence-electron chi connectivity index (χ3n) is 2.42. The first kappa shape index (κ1) is 10.1. The van der Waals surface area contributed by atoms with Gasteiger partial charge in [0.25, 0.3) is 0 Å². The normalized spacial score (nSPS) is 17.0. The zero-order valence-electron chi connectivity index (χ0n) is 8.47. The van der Waals surface area contributed by atoms with Crippen LogP contribution < -0.4 is 0 Å². The average Bonchev–Trinajstić information content (AvgIpc) is 2.64. The van der Waals surface area contributed by atoms with Gasteiger partial charge in [0, 0.05) is 0 Å². The summed E-state index contributed by atoms with van der Waals surface area (Å²) in [6.45, 7) is 5.70. The van der Waals surface area contributed by atoms with Crippen molar-refractivity contribution in [1.82, 2.24) is 0 Å². The fourth-order valence-corrected chi connectivity index (χ4v) is 1.56. The van der Waals surface area contributed by atoms with E-state index in [2.05, 4.69) is 31.4 Å². The first-order valence-corrected chi connectivity index (χ1v) is 5.02. The molecule has 0 spiro atoms. The van der Waals surface area contributed by atoms with Gasteiger partial charge in [0.1, 0.15) is 0 Å². The van der Waals surface area contributed by atoms with E-state index in [-0.39, 0.29) is 0 Å². The van der Waals surface area contributed by atoms with E-state index >= 15 is 0 Å². The molecule has 0 nitrogen and oxygen atoms in total. The van der Waals surface area contributed by atoms with Gasteiger partial charge >= 0.3 is 0 Å². The fourth-order valence-electron chi connectivity index (χ4n) is 1.56. The first-order chi connectivity index (χ1) is 6.33. The molecule has 70 valence electrons. The van der Waals surface area contributed by atoms with Gasteiger partial charge in [0.05, 0.1) is 0 Å². The van der Waals surface area contributed by atoms with Crippen molar-refractivity contribution in [1.29, 1.82) is 0 Å². The third kappa shape index (κ3) is 3.96. The second kappa shape index (κ2) is 5.61. The fraction of sp³-hybridized carbons (Fsp3) is 0.462. The lowest BCUT2D eigenvalue weighted by atomic mass is 10.1. The van der Waals surface area contributed by atoms with E-state index in [0.29, 0.717) is 0 Å². The molecule has 13 heavy (non-hydrogen) atoms. The molecule has 1 saturated carbocycles. The summed E-state index contributed by atoms with van der Waals surface area (Å²) in [6.07, 6.45) is 12.8. The maximum atomic E-state index is 3.55. The van der Waals surface area contributed by atoms with E-state index in [4.69, 9.17) is 0 Å². The molecule has 0 atom stereocenters. The Morgan fingerprint density at radius 2 is 2.15 bits per heavy atom. The molecule has 0 heterocycles. The molecule has 1 aliphatic carbocycles. The Kier molecular flexibility index (Phi) is 4.35. The summed E-state index contributed by atoms with van der Waals surface area (Å²) < 4.78 is 0. The van der Waals surface area contributed by atoms with Gasteiger partial charge in [0.2, 0.25) is 0 Å². The van der Waals surface area contributed by atoms with Gasteiger partial charge in [-0.2, -0.15) is 0 Å². The minimum Gasteiger partial charge on any atom is -0.133 e. The summed E-state index contributed by atoms with van der Waals surface area (Å²) in [6, 6.07) is 0. The quantitative estimate of drug-likeness (QED) is 0.563. The largest absolute Gasteiger partial charge is 0.133 e. The summed E-state index contributed by atoms with van der Waals surface area (Å²) in [4.78, 5) is 0. The van der Waals surface area contributed by atoms with Crippen molar-refractivity contribution in [3.8, 4) is 0 Å². The van der Waals surface area contributed by atoms with Gasteiger partial charge in [-0.1, -0.05) is 29.9 Å². The van der Waals surface area contributed by atoms with Crippen molar-refractivity contribution in [2.75, 3.05) is 0 Å². The summed E-state index contributed by atoms with van der Waals surface area (Å²) in [7, 11) is 0. The topological polar surface area (TPSA) is 0 Å². The molecule has 1 aliphatic rings. The lowest BCUT2D eigenvalue weighted by Gasteiger charge is -1.93. The maximum Gasteiger partial charge on any atom is -0.00625 e. The second-order valence-electron chi connectivity index (χ2n) is 3.66. The molecule has 0 aromatic carbocycles. The van der Waals surface area contributed by atoms with E-state index < -0.39 is 0 Å². The monoisotopic (exact) mass is 174 g/mol. The van der Waals surface area contributed by atoms with Crippen molar-refractivity contribution in [3.05, 3.63) is 41.7 Å². The molecule has 0 aromatic heterocycles. The van der Waals surface area contributed by atoms with E-state index in [1.165, 1.54) is 31.3 Å². The molecule has 0 heteroatoms. The predicted molar refractivity (Wildman–Crippen MR) is 58.6 cm³/mol. The highest BCUT2D eigenvalue weighted by molar-refractivity contribution is 5.19. The van der Waals surface area contributed by atoms with Gasteiger partial charge in [0.15, 0.2) is 0 Å². The number of rotatable bonds is 3. The van der Waals surface area contributed by atoms with E-state index in [9.17, 15) is 0 Å². The summed E-state index contributed by atoms with van der Waals surface area (Å²) in [5.41, 5.74) is 5.79. The van der Waals surface area contributed by atoms with E-state index in [1.54, 1.807) is 5.57 Å². The smallest absolute Gasteiger partial charge is 0.00625 e. The van der Waals surface area contributed by atoms with Gasteiger partial charge in [-0.3, -0.25) is 0 Å². The highest BCUT2D eigenvalue weighted by Gasteiger charge is 2.04.